The molecule has 0 bridgehead atoms. The lowest BCUT2D eigenvalue weighted by Gasteiger charge is -2.05. The van der Waals surface area contributed by atoms with E-state index in [4.69, 9.17) is 5.26 Å². The van der Waals surface area contributed by atoms with Gasteiger partial charge in [-0.05, 0) is 37.5 Å². The Labute approximate surface area is 110 Å². The van der Waals surface area contributed by atoms with Gasteiger partial charge in [0.05, 0.1) is 16.9 Å². The van der Waals surface area contributed by atoms with Crippen LogP contribution in [-0.4, -0.2) is 4.98 Å². The molecular formula is C14H13N3S. The second kappa shape index (κ2) is 4.43. The van der Waals surface area contributed by atoms with Crippen LogP contribution in [0.15, 0.2) is 23.6 Å². The molecule has 2 aromatic rings. The lowest BCUT2D eigenvalue weighted by molar-refractivity contribution is 1.05. The SMILES string of the molecule is Cc1ccc(Nc2nc(C3CC3)cs2)c(C#N)c1. The fourth-order valence-electron chi connectivity index (χ4n) is 1.88. The number of nitrogens with one attached hydrogen (secondary N) is 1. The molecule has 1 aliphatic rings. The molecule has 1 aliphatic carbocycles. The zero-order valence-electron chi connectivity index (χ0n) is 10.1. The summed E-state index contributed by atoms with van der Waals surface area (Å²) in [4.78, 5) is 4.56. The van der Waals surface area contributed by atoms with Gasteiger partial charge in [0.15, 0.2) is 5.13 Å². The fraction of sp³-hybridized carbons (Fsp3) is 0.286. The van der Waals surface area contributed by atoms with Crippen LogP contribution in [0.1, 0.15) is 35.6 Å². The van der Waals surface area contributed by atoms with Gasteiger partial charge >= 0.3 is 0 Å². The highest BCUT2D eigenvalue weighted by Gasteiger charge is 2.26. The lowest BCUT2D eigenvalue weighted by atomic mass is 10.1. The van der Waals surface area contributed by atoms with E-state index in [0.717, 1.165) is 16.4 Å². The van der Waals surface area contributed by atoms with Crippen molar-refractivity contribution >= 4 is 22.2 Å². The number of rotatable bonds is 3. The van der Waals surface area contributed by atoms with Gasteiger partial charge in [-0.1, -0.05) is 6.07 Å². The molecule has 1 aromatic carbocycles. The van der Waals surface area contributed by atoms with Gasteiger partial charge in [0.2, 0.25) is 0 Å². The molecular weight excluding hydrogens is 242 g/mol. The standard InChI is InChI=1S/C14H13N3S/c1-9-2-5-12(11(6-9)7-15)16-14-17-13(8-18-14)10-3-4-10/h2,5-6,8,10H,3-4H2,1H3,(H,16,17). The van der Waals surface area contributed by atoms with Crippen LogP contribution < -0.4 is 5.32 Å². The Bertz CT molecular complexity index is 620. The average molecular weight is 255 g/mol. The Balaban J connectivity index is 1.84. The summed E-state index contributed by atoms with van der Waals surface area (Å²) in [5, 5.41) is 15.3. The van der Waals surface area contributed by atoms with Gasteiger partial charge in [-0.2, -0.15) is 5.26 Å². The molecule has 3 nitrogen and oxygen atoms in total. The molecule has 4 heteroatoms. The molecule has 0 spiro atoms. The first kappa shape index (κ1) is 11.2. The van der Waals surface area contributed by atoms with Crippen molar-refractivity contribution in [3.63, 3.8) is 0 Å². The normalized spacial score (nSPS) is 14.2. The summed E-state index contributed by atoms with van der Waals surface area (Å²) in [5.41, 5.74) is 3.78. The van der Waals surface area contributed by atoms with Crippen molar-refractivity contribution in [1.29, 1.82) is 5.26 Å². The van der Waals surface area contributed by atoms with Gasteiger partial charge < -0.3 is 5.32 Å². The summed E-state index contributed by atoms with van der Waals surface area (Å²) in [5.74, 6) is 0.672. The Hall–Kier alpha value is -1.86. The van der Waals surface area contributed by atoms with E-state index >= 15 is 0 Å². The molecule has 0 saturated heterocycles. The Morgan fingerprint density at radius 1 is 1.44 bits per heavy atom. The van der Waals surface area contributed by atoms with E-state index < -0.39 is 0 Å². The van der Waals surface area contributed by atoms with E-state index in [1.807, 2.05) is 25.1 Å². The molecule has 1 heterocycles. The number of anilines is 2. The minimum absolute atomic E-state index is 0.665. The van der Waals surface area contributed by atoms with Crippen molar-refractivity contribution in [3.8, 4) is 6.07 Å². The predicted molar refractivity (Wildman–Crippen MR) is 73.3 cm³/mol. The molecule has 0 radical (unpaired) electrons. The molecule has 1 fully saturated rings. The second-order valence-corrected chi connectivity index (χ2v) is 5.50. The van der Waals surface area contributed by atoms with E-state index in [1.54, 1.807) is 11.3 Å². The third-order valence-corrected chi connectivity index (χ3v) is 3.83. The number of hydrogen-bond donors (Lipinski definition) is 1. The van der Waals surface area contributed by atoms with E-state index in [1.165, 1.54) is 18.5 Å². The number of benzene rings is 1. The predicted octanol–water partition coefficient (Wildman–Crippen LogP) is 3.94. The third-order valence-electron chi connectivity index (χ3n) is 3.05. The van der Waals surface area contributed by atoms with Crippen molar-refractivity contribution < 1.29 is 0 Å². The first-order chi connectivity index (χ1) is 8.76. The quantitative estimate of drug-likeness (QED) is 0.903. The van der Waals surface area contributed by atoms with Gasteiger partial charge in [-0.15, -0.1) is 11.3 Å². The van der Waals surface area contributed by atoms with E-state index in [0.29, 0.717) is 11.5 Å². The summed E-state index contributed by atoms with van der Waals surface area (Å²) in [6, 6.07) is 8.03. The maximum atomic E-state index is 9.12. The highest BCUT2D eigenvalue weighted by Crippen LogP contribution is 2.41. The first-order valence-corrected chi connectivity index (χ1v) is 6.87. The van der Waals surface area contributed by atoms with Crippen molar-refractivity contribution in [2.24, 2.45) is 0 Å². The third kappa shape index (κ3) is 2.22. The number of nitriles is 1. The number of nitrogens with zero attached hydrogens (tertiary/aromatic N) is 2. The topological polar surface area (TPSA) is 48.7 Å². The fourth-order valence-corrected chi connectivity index (χ4v) is 2.69. The summed E-state index contributed by atoms with van der Waals surface area (Å²) >= 11 is 1.60. The Morgan fingerprint density at radius 3 is 3.00 bits per heavy atom. The van der Waals surface area contributed by atoms with Crippen molar-refractivity contribution in [2.75, 3.05) is 5.32 Å². The summed E-state index contributed by atoms with van der Waals surface area (Å²) in [7, 11) is 0. The molecule has 3 rings (SSSR count). The molecule has 1 aromatic heterocycles. The van der Waals surface area contributed by atoms with E-state index in [-0.39, 0.29) is 0 Å². The van der Waals surface area contributed by atoms with E-state index in [2.05, 4.69) is 21.8 Å². The molecule has 1 N–H and O–H groups in total. The minimum Gasteiger partial charge on any atom is -0.330 e. The smallest absolute Gasteiger partial charge is 0.187 e. The summed E-state index contributed by atoms with van der Waals surface area (Å²) < 4.78 is 0. The van der Waals surface area contributed by atoms with Crippen LogP contribution in [0.5, 0.6) is 0 Å². The number of aromatic nitrogens is 1. The molecule has 0 unspecified atom stereocenters. The molecule has 1 saturated carbocycles. The maximum absolute atomic E-state index is 9.12. The minimum atomic E-state index is 0.665. The second-order valence-electron chi connectivity index (χ2n) is 4.64. The lowest BCUT2D eigenvalue weighted by Crippen LogP contribution is -1.94. The van der Waals surface area contributed by atoms with Crippen LogP contribution >= 0.6 is 11.3 Å². The average Bonchev–Trinajstić information content (AvgIpc) is 3.12. The zero-order valence-corrected chi connectivity index (χ0v) is 10.9. The van der Waals surface area contributed by atoms with Crippen molar-refractivity contribution in [2.45, 2.75) is 25.7 Å². The number of hydrogen-bond acceptors (Lipinski definition) is 4. The van der Waals surface area contributed by atoms with Crippen LogP contribution in [0.25, 0.3) is 0 Å². The summed E-state index contributed by atoms with van der Waals surface area (Å²) in [6.07, 6.45) is 2.52. The molecule has 0 aliphatic heterocycles. The largest absolute Gasteiger partial charge is 0.330 e. The molecule has 0 amide bonds. The van der Waals surface area contributed by atoms with Gasteiger partial charge in [-0.25, -0.2) is 4.98 Å². The monoisotopic (exact) mass is 255 g/mol. The zero-order chi connectivity index (χ0) is 12.5. The van der Waals surface area contributed by atoms with Gasteiger partial charge in [0.25, 0.3) is 0 Å². The number of aryl methyl sites for hydroxylation is 1. The van der Waals surface area contributed by atoms with Crippen LogP contribution in [-0.2, 0) is 0 Å². The van der Waals surface area contributed by atoms with E-state index in [9.17, 15) is 0 Å². The Kier molecular flexibility index (Phi) is 2.77. The van der Waals surface area contributed by atoms with Crippen LogP contribution in [0.2, 0.25) is 0 Å². The Morgan fingerprint density at radius 2 is 2.28 bits per heavy atom. The van der Waals surface area contributed by atoms with Gasteiger partial charge in [0.1, 0.15) is 6.07 Å². The molecule has 18 heavy (non-hydrogen) atoms. The summed E-state index contributed by atoms with van der Waals surface area (Å²) in [6.45, 7) is 1.99. The highest BCUT2D eigenvalue weighted by atomic mass is 32.1. The van der Waals surface area contributed by atoms with Crippen molar-refractivity contribution in [1.82, 2.24) is 4.98 Å². The highest BCUT2D eigenvalue weighted by molar-refractivity contribution is 7.13. The maximum Gasteiger partial charge on any atom is 0.187 e. The first-order valence-electron chi connectivity index (χ1n) is 5.99. The van der Waals surface area contributed by atoms with Crippen LogP contribution in [0, 0.1) is 18.3 Å². The number of thiazole rings is 1. The van der Waals surface area contributed by atoms with Gasteiger partial charge in [-0.3, -0.25) is 0 Å². The van der Waals surface area contributed by atoms with Gasteiger partial charge in [0, 0.05) is 11.3 Å². The van der Waals surface area contributed by atoms with Crippen LogP contribution in [0.3, 0.4) is 0 Å². The molecule has 0 atom stereocenters. The van der Waals surface area contributed by atoms with Crippen LogP contribution in [0.4, 0.5) is 10.8 Å². The van der Waals surface area contributed by atoms with Crippen molar-refractivity contribution in [3.05, 3.63) is 40.4 Å². The molecule has 90 valence electrons.